The molecule has 3 N–H and O–H groups in total. The Morgan fingerprint density at radius 2 is 1.00 bits per heavy atom. The average molecular weight is 357 g/mol. The normalized spacial score (nSPS) is 10.2. The second-order valence-electron chi connectivity index (χ2n) is 5.05. The van der Waals surface area contributed by atoms with Crippen molar-refractivity contribution in [3.8, 4) is 0 Å². The van der Waals surface area contributed by atoms with E-state index in [1.165, 1.54) is 0 Å². The van der Waals surface area contributed by atoms with Crippen LogP contribution in [0.4, 0.5) is 0 Å². The molecule has 0 spiro atoms. The van der Waals surface area contributed by atoms with Crippen LogP contribution in [0, 0.1) is 0 Å². The number of aromatic carboxylic acids is 4. The summed E-state index contributed by atoms with van der Waals surface area (Å²) < 4.78 is 0. The van der Waals surface area contributed by atoms with Crippen LogP contribution in [-0.4, -0.2) is 45.0 Å². The maximum Gasteiger partial charge on any atom is 0.336 e. The summed E-state index contributed by atoms with van der Waals surface area (Å²) in [4.78, 5) is 56.7. The summed E-state index contributed by atoms with van der Waals surface area (Å²) in [7, 11) is 0. The van der Waals surface area contributed by atoms with Gasteiger partial charge in [0.05, 0.1) is 22.7 Å². The van der Waals surface area contributed by atoms with Crippen molar-refractivity contribution in [2.24, 2.45) is 0 Å². The van der Waals surface area contributed by atoms with Gasteiger partial charge in [0.2, 0.25) is 0 Å². The predicted octanol–water partition coefficient (Wildman–Crippen LogP) is 0.376. The van der Waals surface area contributed by atoms with Crippen LogP contribution in [0.15, 0.2) is 36.4 Å². The van der Waals surface area contributed by atoms with Gasteiger partial charge >= 0.3 is 17.9 Å². The predicted molar refractivity (Wildman–Crippen MR) is 81.5 cm³/mol. The summed E-state index contributed by atoms with van der Waals surface area (Å²) >= 11 is 0. The molecule has 9 heteroatoms. The van der Waals surface area contributed by atoms with Gasteiger partial charge in [-0.25, -0.2) is 14.4 Å². The SMILES string of the molecule is O=C(c1ccc(C(=O)O)c(C(=O)[O-])c1)c1ccc(C(=O)O)c(C(=O)O)c1. The highest BCUT2D eigenvalue weighted by Gasteiger charge is 2.20. The van der Waals surface area contributed by atoms with E-state index in [0.717, 1.165) is 36.4 Å². The van der Waals surface area contributed by atoms with Crippen molar-refractivity contribution < 1.29 is 44.4 Å². The number of carbonyl (C=O) groups is 5. The van der Waals surface area contributed by atoms with Crippen molar-refractivity contribution in [1.82, 2.24) is 0 Å². The molecule has 0 heterocycles. The summed E-state index contributed by atoms with van der Waals surface area (Å²) in [6.45, 7) is 0. The summed E-state index contributed by atoms with van der Waals surface area (Å²) in [6.07, 6.45) is 0. The molecule has 2 rings (SSSR count). The molecule has 132 valence electrons. The Labute approximate surface area is 144 Å². The van der Waals surface area contributed by atoms with E-state index in [2.05, 4.69) is 0 Å². The Morgan fingerprint density at radius 1 is 0.615 bits per heavy atom. The van der Waals surface area contributed by atoms with E-state index < -0.39 is 51.9 Å². The lowest BCUT2D eigenvalue weighted by Crippen LogP contribution is -2.25. The molecule has 0 aromatic heterocycles. The van der Waals surface area contributed by atoms with E-state index in [1.54, 1.807) is 0 Å². The highest BCUT2D eigenvalue weighted by molar-refractivity contribution is 6.13. The molecule has 0 aliphatic heterocycles. The third-order valence-electron chi connectivity index (χ3n) is 3.47. The maximum absolute atomic E-state index is 12.5. The number of carbonyl (C=O) groups excluding carboxylic acids is 2. The van der Waals surface area contributed by atoms with Crippen LogP contribution in [0.3, 0.4) is 0 Å². The van der Waals surface area contributed by atoms with Gasteiger partial charge in [-0.2, -0.15) is 0 Å². The lowest BCUT2D eigenvalue weighted by Gasteiger charge is -2.10. The van der Waals surface area contributed by atoms with Gasteiger partial charge in [0.1, 0.15) is 0 Å². The topological polar surface area (TPSA) is 169 Å². The lowest BCUT2D eigenvalue weighted by molar-refractivity contribution is -0.255. The standard InChI is InChI=1S/C17H10O9/c18-13(7-1-3-9(14(19)20)11(5-7)16(23)24)8-2-4-10(15(21)22)12(6-8)17(25)26/h1-6H,(H,19,20)(H,21,22)(H,23,24)(H,25,26)/p-1. The zero-order valence-electron chi connectivity index (χ0n) is 12.8. The first-order valence-electron chi connectivity index (χ1n) is 6.87. The molecule has 2 aromatic rings. The van der Waals surface area contributed by atoms with Gasteiger partial charge in [-0.1, -0.05) is 12.1 Å². The maximum atomic E-state index is 12.5. The van der Waals surface area contributed by atoms with Gasteiger partial charge in [0.25, 0.3) is 0 Å². The van der Waals surface area contributed by atoms with Crippen molar-refractivity contribution in [3.05, 3.63) is 69.8 Å². The molecule has 0 unspecified atom stereocenters. The summed E-state index contributed by atoms with van der Waals surface area (Å²) in [5.41, 5.74) is -2.87. The van der Waals surface area contributed by atoms with E-state index in [9.17, 15) is 29.1 Å². The van der Waals surface area contributed by atoms with Gasteiger partial charge < -0.3 is 25.2 Å². The third-order valence-corrected chi connectivity index (χ3v) is 3.47. The number of hydrogen-bond donors (Lipinski definition) is 3. The lowest BCUT2D eigenvalue weighted by atomic mass is 9.95. The summed E-state index contributed by atoms with van der Waals surface area (Å²) in [5, 5.41) is 38.1. The first kappa shape index (κ1) is 18.3. The van der Waals surface area contributed by atoms with Crippen LogP contribution >= 0.6 is 0 Å². The van der Waals surface area contributed by atoms with E-state index in [-0.39, 0.29) is 11.1 Å². The number of ketones is 1. The third kappa shape index (κ3) is 3.41. The molecule has 0 radical (unpaired) electrons. The Hall–Kier alpha value is -4.01. The number of carboxylic acid groups (broad SMARTS) is 4. The molecule has 9 nitrogen and oxygen atoms in total. The monoisotopic (exact) mass is 357 g/mol. The Balaban J connectivity index is 2.56. The number of benzene rings is 2. The van der Waals surface area contributed by atoms with Crippen LogP contribution < -0.4 is 5.11 Å². The quantitative estimate of drug-likeness (QED) is 0.618. The smallest absolute Gasteiger partial charge is 0.336 e. The molecule has 0 aliphatic rings. The van der Waals surface area contributed by atoms with E-state index in [1.807, 2.05) is 0 Å². The minimum atomic E-state index is -1.80. The van der Waals surface area contributed by atoms with Crippen LogP contribution in [-0.2, 0) is 0 Å². The minimum Gasteiger partial charge on any atom is -0.545 e. The van der Waals surface area contributed by atoms with Crippen molar-refractivity contribution >= 4 is 29.7 Å². The van der Waals surface area contributed by atoms with E-state index in [0.29, 0.717) is 0 Å². The minimum absolute atomic E-state index is 0.209. The average Bonchev–Trinajstić information content (AvgIpc) is 2.59. The van der Waals surface area contributed by atoms with Crippen molar-refractivity contribution in [1.29, 1.82) is 0 Å². The highest BCUT2D eigenvalue weighted by atomic mass is 16.4. The fourth-order valence-electron chi connectivity index (χ4n) is 2.26. The Kier molecular flexibility index (Phi) is 4.83. The molecule has 0 saturated heterocycles. The molecule has 0 aliphatic carbocycles. The molecule has 0 atom stereocenters. The van der Waals surface area contributed by atoms with Gasteiger partial charge in [-0.3, -0.25) is 4.79 Å². The van der Waals surface area contributed by atoms with Gasteiger partial charge in [-0.05, 0) is 24.3 Å². The Bertz CT molecular complexity index is 895. The molecular weight excluding hydrogens is 348 g/mol. The number of hydrogen-bond acceptors (Lipinski definition) is 6. The molecular formula is C17H9O9-. The molecule has 0 fully saturated rings. The van der Waals surface area contributed by atoms with Crippen molar-refractivity contribution in [2.45, 2.75) is 0 Å². The van der Waals surface area contributed by atoms with Gasteiger partial charge in [0, 0.05) is 16.7 Å². The van der Waals surface area contributed by atoms with Gasteiger partial charge in [0.15, 0.2) is 5.78 Å². The van der Waals surface area contributed by atoms with E-state index in [4.69, 9.17) is 15.3 Å². The van der Waals surface area contributed by atoms with Crippen LogP contribution in [0.1, 0.15) is 57.4 Å². The van der Waals surface area contributed by atoms with Crippen molar-refractivity contribution in [2.75, 3.05) is 0 Å². The first-order chi connectivity index (χ1) is 12.1. The van der Waals surface area contributed by atoms with E-state index >= 15 is 0 Å². The fourth-order valence-corrected chi connectivity index (χ4v) is 2.26. The second-order valence-corrected chi connectivity index (χ2v) is 5.05. The summed E-state index contributed by atoms with van der Waals surface area (Å²) in [5.74, 6) is -7.20. The number of carboxylic acids is 4. The largest absolute Gasteiger partial charge is 0.545 e. The molecule has 2 aromatic carbocycles. The molecule has 0 amide bonds. The fraction of sp³-hybridized carbons (Fsp3) is 0. The second kappa shape index (κ2) is 6.85. The molecule has 0 bridgehead atoms. The van der Waals surface area contributed by atoms with Crippen molar-refractivity contribution in [3.63, 3.8) is 0 Å². The molecule has 26 heavy (non-hydrogen) atoms. The first-order valence-corrected chi connectivity index (χ1v) is 6.87. The zero-order chi connectivity index (χ0) is 19.6. The summed E-state index contributed by atoms with van der Waals surface area (Å²) in [6, 6.07) is 5.62. The number of rotatable bonds is 6. The highest BCUT2D eigenvalue weighted by Crippen LogP contribution is 2.19. The van der Waals surface area contributed by atoms with Crippen LogP contribution in [0.2, 0.25) is 0 Å². The van der Waals surface area contributed by atoms with Crippen LogP contribution in [0.25, 0.3) is 0 Å². The van der Waals surface area contributed by atoms with Crippen LogP contribution in [0.5, 0.6) is 0 Å². The zero-order valence-corrected chi connectivity index (χ0v) is 12.8. The van der Waals surface area contributed by atoms with Gasteiger partial charge in [-0.15, -0.1) is 0 Å². The Morgan fingerprint density at radius 3 is 1.38 bits per heavy atom. The molecule has 0 saturated carbocycles.